The average molecular weight is 321 g/mol. The van der Waals surface area contributed by atoms with Crippen molar-refractivity contribution in [3.05, 3.63) is 0 Å². The Balaban J connectivity index is 1.34. The standard InChI is InChI=1S/C18H31N3O2/c1-20-8-9-23-16(11-20)12-21(10-13-2-3-13)18(22)19-17(14-4-5-14)15-6-7-15/h13-17H,2-12H2,1H3,(H,19,22)/t16-/m1/s1. The predicted octanol–water partition coefficient (Wildman–Crippen LogP) is 1.93. The van der Waals surface area contributed by atoms with Crippen molar-refractivity contribution in [1.29, 1.82) is 0 Å². The second kappa shape index (κ2) is 6.60. The lowest BCUT2D eigenvalue weighted by molar-refractivity contribution is -0.0310. The summed E-state index contributed by atoms with van der Waals surface area (Å²) < 4.78 is 5.89. The van der Waals surface area contributed by atoms with E-state index in [2.05, 4.69) is 22.2 Å². The highest BCUT2D eigenvalue weighted by Crippen LogP contribution is 2.44. The zero-order valence-corrected chi connectivity index (χ0v) is 14.4. The SMILES string of the molecule is CN1CCO[C@@H](CN(CC2CC2)C(=O)NC(C2CC2)C2CC2)C1. The Bertz CT molecular complexity index is 420. The van der Waals surface area contributed by atoms with Crippen molar-refractivity contribution in [3.8, 4) is 0 Å². The third-order valence-electron chi connectivity index (χ3n) is 5.78. The van der Waals surface area contributed by atoms with Crippen LogP contribution in [0.25, 0.3) is 0 Å². The van der Waals surface area contributed by atoms with Crippen molar-refractivity contribution in [2.24, 2.45) is 17.8 Å². The van der Waals surface area contributed by atoms with Crippen molar-refractivity contribution in [1.82, 2.24) is 15.1 Å². The van der Waals surface area contributed by atoms with Crippen LogP contribution in [0.3, 0.4) is 0 Å². The molecule has 130 valence electrons. The molecule has 1 saturated heterocycles. The number of hydrogen-bond donors (Lipinski definition) is 1. The van der Waals surface area contributed by atoms with E-state index in [0.29, 0.717) is 6.04 Å². The number of urea groups is 1. The summed E-state index contributed by atoms with van der Waals surface area (Å²) in [5.74, 6) is 2.24. The molecule has 0 spiro atoms. The number of likely N-dealkylation sites (N-methyl/N-ethyl adjacent to an activating group) is 1. The van der Waals surface area contributed by atoms with Gasteiger partial charge in [-0.15, -0.1) is 0 Å². The third kappa shape index (κ3) is 4.38. The topological polar surface area (TPSA) is 44.8 Å². The minimum absolute atomic E-state index is 0.164. The second-order valence-corrected chi connectivity index (χ2v) is 8.25. The van der Waals surface area contributed by atoms with E-state index in [-0.39, 0.29) is 12.1 Å². The molecule has 4 fully saturated rings. The first-order valence-corrected chi connectivity index (χ1v) is 9.54. The maximum absolute atomic E-state index is 12.9. The van der Waals surface area contributed by atoms with E-state index in [1.807, 2.05) is 0 Å². The highest BCUT2D eigenvalue weighted by atomic mass is 16.5. The third-order valence-corrected chi connectivity index (χ3v) is 5.78. The fourth-order valence-corrected chi connectivity index (χ4v) is 3.84. The molecule has 23 heavy (non-hydrogen) atoms. The number of nitrogens with one attached hydrogen (secondary N) is 1. The van der Waals surface area contributed by atoms with Crippen LogP contribution >= 0.6 is 0 Å². The summed E-state index contributed by atoms with van der Waals surface area (Å²) in [5, 5.41) is 3.39. The molecule has 3 aliphatic carbocycles. The van der Waals surface area contributed by atoms with Crippen molar-refractivity contribution >= 4 is 6.03 Å². The fourth-order valence-electron chi connectivity index (χ4n) is 3.84. The van der Waals surface area contributed by atoms with Gasteiger partial charge in [-0.3, -0.25) is 0 Å². The molecular formula is C18H31N3O2. The molecule has 5 nitrogen and oxygen atoms in total. The van der Waals surface area contributed by atoms with Gasteiger partial charge in [0.15, 0.2) is 0 Å². The lowest BCUT2D eigenvalue weighted by Crippen LogP contribution is -2.52. The first kappa shape index (κ1) is 15.7. The molecule has 1 aliphatic heterocycles. The van der Waals surface area contributed by atoms with Gasteiger partial charge in [0, 0.05) is 32.2 Å². The molecule has 0 aromatic carbocycles. The van der Waals surface area contributed by atoms with E-state index in [9.17, 15) is 4.79 Å². The van der Waals surface area contributed by atoms with Gasteiger partial charge in [0.2, 0.25) is 0 Å². The summed E-state index contributed by atoms with van der Waals surface area (Å²) in [5.41, 5.74) is 0. The molecule has 0 bridgehead atoms. The van der Waals surface area contributed by atoms with Gasteiger partial charge in [-0.2, -0.15) is 0 Å². The molecule has 0 radical (unpaired) electrons. The van der Waals surface area contributed by atoms with Gasteiger partial charge >= 0.3 is 6.03 Å². The summed E-state index contributed by atoms with van der Waals surface area (Å²) in [6.07, 6.45) is 7.95. The Morgan fingerprint density at radius 3 is 2.43 bits per heavy atom. The zero-order chi connectivity index (χ0) is 15.8. The van der Waals surface area contributed by atoms with Crippen molar-refractivity contribution in [2.75, 3.05) is 39.8 Å². The molecule has 0 unspecified atom stereocenters. The van der Waals surface area contributed by atoms with Crippen LogP contribution in [-0.4, -0.2) is 67.8 Å². The number of rotatable bonds is 7. The lowest BCUT2D eigenvalue weighted by Gasteiger charge is -2.34. The molecule has 5 heteroatoms. The Labute approximate surface area is 139 Å². The highest BCUT2D eigenvalue weighted by Gasteiger charge is 2.43. The Morgan fingerprint density at radius 2 is 1.87 bits per heavy atom. The molecule has 3 saturated carbocycles. The highest BCUT2D eigenvalue weighted by molar-refractivity contribution is 5.74. The van der Waals surface area contributed by atoms with Crippen molar-refractivity contribution in [3.63, 3.8) is 0 Å². The number of morpholine rings is 1. The summed E-state index contributed by atoms with van der Waals surface area (Å²) >= 11 is 0. The van der Waals surface area contributed by atoms with E-state index in [0.717, 1.165) is 50.5 Å². The number of carbonyl (C=O) groups excluding carboxylic acids is 1. The number of amides is 2. The van der Waals surface area contributed by atoms with E-state index < -0.39 is 0 Å². The van der Waals surface area contributed by atoms with Crippen LogP contribution in [0.15, 0.2) is 0 Å². The van der Waals surface area contributed by atoms with Crippen LogP contribution in [0.1, 0.15) is 38.5 Å². The summed E-state index contributed by atoms with van der Waals surface area (Å²) in [6.45, 7) is 4.37. The van der Waals surface area contributed by atoms with Crippen LogP contribution < -0.4 is 5.32 Å². The summed E-state index contributed by atoms with van der Waals surface area (Å²) in [4.78, 5) is 17.2. The van der Waals surface area contributed by atoms with Gasteiger partial charge in [0.25, 0.3) is 0 Å². The number of hydrogen-bond acceptors (Lipinski definition) is 3. The number of carbonyl (C=O) groups is 1. The number of ether oxygens (including phenoxy) is 1. The van der Waals surface area contributed by atoms with Gasteiger partial charge in [-0.25, -0.2) is 4.79 Å². The molecule has 4 rings (SSSR count). The first-order valence-electron chi connectivity index (χ1n) is 9.54. The van der Waals surface area contributed by atoms with Gasteiger partial charge in [0.1, 0.15) is 0 Å². The first-order chi connectivity index (χ1) is 11.2. The predicted molar refractivity (Wildman–Crippen MR) is 89.3 cm³/mol. The molecule has 1 heterocycles. The fraction of sp³-hybridized carbons (Fsp3) is 0.944. The van der Waals surface area contributed by atoms with Crippen LogP contribution in [0, 0.1) is 17.8 Å². The quantitative estimate of drug-likeness (QED) is 0.779. The molecular weight excluding hydrogens is 290 g/mol. The van der Waals surface area contributed by atoms with Crippen molar-refractivity contribution in [2.45, 2.75) is 50.7 Å². The molecule has 4 aliphatic rings. The van der Waals surface area contributed by atoms with E-state index in [4.69, 9.17) is 4.74 Å². The number of nitrogens with zero attached hydrogens (tertiary/aromatic N) is 2. The molecule has 1 N–H and O–H groups in total. The van der Waals surface area contributed by atoms with Gasteiger partial charge in [0.05, 0.1) is 12.7 Å². The van der Waals surface area contributed by atoms with Crippen LogP contribution in [0.4, 0.5) is 4.79 Å². The second-order valence-electron chi connectivity index (χ2n) is 8.25. The molecule has 0 aromatic rings. The van der Waals surface area contributed by atoms with Gasteiger partial charge in [-0.1, -0.05) is 0 Å². The van der Waals surface area contributed by atoms with Crippen molar-refractivity contribution < 1.29 is 9.53 Å². The Kier molecular flexibility index (Phi) is 4.50. The Morgan fingerprint density at radius 1 is 1.17 bits per heavy atom. The van der Waals surface area contributed by atoms with Crippen LogP contribution in [-0.2, 0) is 4.74 Å². The largest absolute Gasteiger partial charge is 0.374 e. The molecule has 2 amide bonds. The monoisotopic (exact) mass is 321 g/mol. The minimum Gasteiger partial charge on any atom is -0.374 e. The van der Waals surface area contributed by atoms with Crippen LogP contribution in [0.5, 0.6) is 0 Å². The van der Waals surface area contributed by atoms with Gasteiger partial charge in [-0.05, 0) is 63.3 Å². The maximum atomic E-state index is 12.9. The summed E-state index contributed by atoms with van der Waals surface area (Å²) in [6, 6.07) is 0.608. The van der Waals surface area contributed by atoms with Gasteiger partial charge < -0.3 is 19.9 Å². The molecule has 1 atom stereocenters. The zero-order valence-electron chi connectivity index (χ0n) is 14.4. The van der Waals surface area contributed by atoms with E-state index >= 15 is 0 Å². The average Bonchev–Trinajstić information content (AvgIpc) is 3.37. The Hall–Kier alpha value is -0.810. The normalized spacial score (nSPS) is 28.9. The maximum Gasteiger partial charge on any atom is 0.317 e. The lowest BCUT2D eigenvalue weighted by atomic mass is 10.1. The van der Waals surface area contributed by atoms with E-state index in [1.165, 1.54) is 38.5 Å². The van der Waals surface area contributed by atoms with E-state index in [1.54, 1.807) is 0 Å². The van der Waals surface area contributed by atoms with Crippen LogP contribution in [0.2, 0.25) is 0 Å². The minimum atomic E-state index is 0.164. The smallest absolute Gasteiger partial charge is 0.317 e. The summed E-state index contributed by atoms with van der Waals surface area (Å²) in [7, 11) is 2.14. The molecule has 0 aromatic heterocycles.